The highest BCUT2D eigenvalue weighted by Gasteiger charge is 2.28. The largest absolute Gasteiger partial charge is 0.480 e. The van der Waals surface area contributed by atoms with E-state index in [4.69, 9.17) is 14.7 Å². The van der Waals surface area contributed by atoms with Crippen LogP contribution in [0, 0.1) is 11.3 Å². The van der Waals surface area contributed by atoms with Crippen molar-refractivity contribution in [1.29, 1.82) is 5.26 Å². The molecule has 0 N–H and O–H groups in total. The molecule has 7 nitrogen and oxygen atoms in total. The average molecular weight is 324 g/mol. The summed E-state index contributed by atoms with van der Waals surface area (Å²) in [4.78, 5) is 14.2. The molecule has 0 saturated carbocycles. The first-order chi connectivity index (χ1) is 11.7. The van der Waals surface area contributed by atoms with Crippen molar-refractivity contribution >= 4 is 5.91 Å². The fourth-order valence-electron chi connectivity index (χ4n) is 2.56. The molecule has 1 aromatic carbocycles. The van der Waals surface area contributed by atoms with Gasteiger partial charge in [0.2, 0.25) is 11.8 Å². The van der Waals surface area contributed by atoms with E-state index in [0.29, 0.717) is 36.0 Å². The minimum absolute atomic E-state index is 0.0981. The molecule has 3 rings (SSSR count). The first kappa shape index (κ1) is 15.7. The van der Waals surface area contributed by atoms with E-state index in [1.165, 1.54) is 7.11 Å². The minimum atomic E-state index is -0.129. The number of aromatic nitrogens is 2. The van der Waals surface area contributed by atoms with Gasteiger partial charge < -0.3 is 14.4 Å². The SMILES string of the molecule is COc1ccc(OC2CCN(C(=O)c3cccc(C#N)c3)C2)nn1. The van der Waals surface area contributed by atoms with Gasteiger partial charge in [-0.1, -0.05) is 6.07 Å². The van der Waals surface area contributed by atoms with Crippen molar-refractivity contribution in [3.05, 3.63) is 47.5 Å². The number of carbonyl (C=O) groups excluding carboxylic acids is 1. The molecule has 1 unspecified atom stereocenters. The van der Waals surface area contributed by atoms with Crippen LogP contribution in [0.4, 0.5) is 0 Å². The van der Waals surface area contributed by atoms with Crippen LogP contribution in [0.3, 0.4) is 0 Å². The van der Waals surface area contributed by atoms with E-state index in [9.17, 15) is 4.79 Å². The fraction of sp³-hybridized carbons (Fsp3) is 0.294. The molecule has 1 aromatic heterocycles. The molecule has 0 spiro atoms. The van der Waals surface area contributed by atoms with Crippen molar-refractivity contribution in [1.82, 2.24) is 15.1 Å². The van der Waals surface area contributed by atoms with E-state index in [1.807, 2.05) is 6.07 Å². The molecule has 122 valence electrons. The van der Waals surface area contributed by atoms with E-state index < -0.39 is 0 Å². The molecule has 1 aliphatic heterocycles. The molecule has 1 saturated heterocycles. The van der Waals surface area contributed by atoms with E-state index in [1.54, 1.807) is 41.3 Å². The lowest BCUT2D eigenvalue weighted by molar-refractivity contribution is 0.0771. The van der Waals surface area contributed by atoms with Gasteiger partial charge in [-0.15, -0.1) is 10.2 Å². The van der Waals surface area contributed by atoms with Crippen LogP contribution in [-0.4, -0.2) is 47.3 Å². The lowest BCUT2D eigenvalue weighted by Crippen LogP contribution is -2.31. The standard InChI is InChI=1S/C17H16N4O3/c1-23-15-5-6-16(20-19-15)24-14-7-8-21(11-14)17(22)13-4-2-3-12(9-13)10-18/h2-6,9,14H,7-8,11H2,1H3. The molecule has 24 heavy (non-hydrogen) atoms. The third-order valence-corrected chi connectivity index (χ3v) is 3.78. The van der Waals surface area contributed by atoms with Crippen LogP contribution < -0.4 is 9.47 Å². The van der Waals surface area contributed by atoms with Crippen molar-refractivity contribution in [2.24, 2.45) is 0 Å². The van der Waals surface area contributed by atoms with Crippen LogP contribution in [0.5, 0.6) is 11.8 Å². The predicted molar refractivity (Wildman–Crippen MR) is 84.7 cm³/mol. The minimum Gasteiger partial charge on any atom is -0.480 e. The van der Waals surface area contributed by atoms with Crippen molar-refractivity contribution < 1.29 is 14.3 Å². The van der Waals surface area contributed by atoms with Crippen LogP contribution in [0.2, 0.25) is 0 Å². The Kier molecular flexibility index (Phi) is 4.57. The Morgan fingerprint density at radius 1 is 1.29 bits per heavy atom. The number of methoxy groups -OCH3 is 1. The van der Waals surface area contributed by atoms with Gasteiger partial charge in [0.25, 0.3) is 5.91 Å². The average Bonchev–Trinajstić information content (AvgIpc) is 3.10. The first-order valence-corrected chi connectivity index (χ1v) is 7.53. The number of benzene rings is 1. The van der Waals surface area contributed by atoms with E-state index in [0.717, 1.165) is 6.42 Å². The molecule has 7 heteroatoms. The maximum absolute atomic E-state index is 12.5. The summed E-state index contributed by atoms with van der Waals surface area (Å²) < 4.78 is 10.7. The van der Waals surface area contributed by atoms with Crippen LogP contribution in [0.1, 0.15) is 22.3 Å². The van der Waals surface area contributed by atoms with Gasteiger partial charge in [-0.25, -0.2) is 0 Å². The third-order valence-electron chi connectivity index (χ3n) is 3.78. The highest BCUT2D eigenvalue weighted by atomic mass is 16.5. The lowest BCUT2D eigenvalue weighted by Gasteiger charge is -2.17. The number of nitriles is 1. The molecule has 1 atom stereocenters. The molecule has 0 radical (unpaired) electrons. The summed E-state index contributed by atoms with van der Waals surface area (Å²) in [5.74, 6) is 0.726. The second kappa shape index (κ2) is 6.96. The summed E-state index contributed by atoms with van der Waals surface area (Å²) in [6, 6.07) is 12.1. The van der Waals surface area contributed by atoms with E-state index >= 15 is 0 Å². The van der Waals surface area contributed by atoms with Gasteiger partial charge in [-0.05, 0) is 18.2 Å². The summed E-state index contributed by atoms with van der Waals surface area (Å²) in [7, 11) is 1.52. The summed E-state index contributed by atoms with van der Waals surface area (Å²) in [5, 5.41) is 16.7. The Morgan fingerprint density at radius 2 is 2.08 bits per heavy atom. The van der Waals surface area contributed by atoms with Crippen LogP contribution in [-0.2, 0) is 0 Å². The first-order valence-electron chi connectivity index (χ1n) is 7.53. The van der Waals surface area contributed by atoms with Crippen molar-refractivity contribution in [2.45, 2.75) is 12.5 Å². The Hall–Kier alpha value is -3.14. The molecule has 2 heterocycles. The van der Waals surface area contributed by atoms with Gasteiger partial charge in [0.15, 0.2) is 0 Å². The Bertz CT molecular complexity index is 770. The van der Waals surface area contributed by atoms with E-state index in [-0.39, 0.29) is 12.0 Å². The van der Waals surface area contributed by atoms with Crippen molar-refractivity contribution in [2.75, 3.05) is 20.2 Å². The summed E-state index contributed by atoms with van der Waals surface area (Å²) in [5.41, 5.74) is 0.986. The van der Waals surface area contributed by atoms with Gasteiger partial charge in [0.1, 0.15) is 6.10 Å². The summed E-state index contributed by atoms with van der Waals surface area (Å²) >= 11 is 0. The normalized spacial score (nSPS) is 16.5. The zero-order valence-corrected chi connectivity index (χ0v) is 13.2. The highest BCUT2D eigenvalue weighted by Crippen LogP contribution is 2.19. The van der Waals surface area contributed by atoms with Crippen molar-refractivity contribution in [3.8, 4) is 17.8 Å². The monoisotopic (exact) mass is 324 g/mol. The number of nitrogens with zero attached hydrogens (tertiary/aromatic N) is 4. The third kappa shape index (κ3) is 3.43. The van der Waals surface area contributed by atoms with Crippen LogP contribution >= 0.6 is 0 Å². The van der Waals surface area contributed by atoms with Gasteiger partial charge in [0, 0.05) is 30.7 Å². The smallest absolute Gasteiger partial charge is 0.254 e. The number of carbonyl (C=O) groups is 1. The number of hydrogen-bond donors (Lipinski definition) is 0. The Labute approximate surface area is 139 Å². The van der Waals surface area contributed by atoms with Gasteiger partial charge >= 0.3 is 0 Å². The number of rotatable bonds is 4. The van der Waals surface area contributed by atoms with Crippen molar-refractivity contribution in [3.63, 3.8) is 0 Å². The van der Waals surface area contributed by atoms with Gasteiger partial charge in [0.05, 0.1) is 25.3 Å². The number of likely N-dealkylation sites (tertiary alicyclic amines) is 1. The van der Waals surface area contributed by atoms with Crippen LogP contribution in [0.15, 0.2) is 36.4 Å². The predicted octanol–water partition coefficient (Wildman–Crippen LogP) is 1.65. The number of amides is 1. The molecule has 1 fully saturated rings. The zero-order valence-electron chi connectivity index (χ0n) is 13.2. The topological polar surface area (TPSA) is 88.3 Å². The zero-order chi connectivity index (χ0) is 16.9. The molecular formula is C17H16N4O3. The number of ether oxygens (including phenoxy) is 2. The Balaban J connectivity index is 1.62. The molecular weight excluding hydrogens is 308 g/mol. The molecule has 1 aliphatic rings. The maximum atomic E-state index is 12.5. The van der Waals surface area contributed by atoms with E-state index in [2.05, 4.69) is 10.2 Å². The molecule has 0 aliphatic carbocycles. The quantitative estimate of drug-likeness (QED) is 0.849. The van der Waals surface area contributed by atoms with Crippen LogP contribution in [0.25, 0.3) is 0 Å². The summed E-state index contributed by atoms with van der Waals surface area (Å²) in [6.07, 6.45) is 0.591. The van der Waals surface area contributed by atoms with Gasteiger partial charge in [-0.2, -0.15) is 5.26 Å². The fourth-order valence-corrected chi connectivity index (χ4v) is 2.56. The molecule has 2 aromatic rings. The molecule has 1 amide bonds. The second-order valence-electron chi connectivity index (χ2n) is 5.39. The second-order valence-corrected chi connectivity index (χ2v) is 5.39. The Morgan fingerprint density at radius 3 is 2.79 bits per heavy atom. The lowest BCUT2D eigenvalue weighted by atomic mass is 10.1. The maximum Gasteiger partial charge on any atom is 0.254 e. The summed E-state index contributed by atoms with van der Waals surface area (Å²) in [6.45, 7) is 1.08. The highest BCUT2D eigenvalue weighted by molar-refractivity contribution is 5.94. The number of hydrogen-bond acceptors (Lipinski definition) is 6. The molecule has 0 bridgehead atoms. The van der Waals surface area contributed by atoms with Gasteiger partial charge in [-0.3, -0.25) is 4.79 Å².